The molecule has 3 rings (SSSR count). The summed E-state index contributed by atoms with van der Waals surface area (Å²) in [6.45, 7) is 4.63. The molecule has 1 amide bonds. The number of anilines is 1. The molecule has 0 aromatic heterocycles. The number of hydrogen-bond acceptors (Lipinski definition) is 5. The zero-order chi connectivity index (χ0) is 20.8. The SMILES string of the molecule is COc1cccc(C(=O)NC[C@@H](c2ccc(N(C)C)cc2)N2CCN(C)CC2)c1. The van der Waals surface area contributed by atoms with Crippen LogP contribution in [0.4, 0.5) is 5.69 Å². The topological polar surface area (TPSA) is 48.1 Å². The minimum absolute atomic E-state index is 0.0760. The first-order chi connectivity index (χ1) is 14.0. The molecule has 0 unspecified atom stereocenters. The van der Waals surface area contributed by atoms with Crippen molar-refractivity contribution in [2.45, 2.75) is 6.04 Å². The standard InChI is InChI=1S/C23H32N4O2/c1-25(2)20-10-8-18(9-11-20)22(27-14-12-26(3)13-15-27)17-24-23(28)19-6-5-7-21(16-19)29-4/h5-11,16,22H,12-15,17H2,1-4H3,(H,24,28)/t22-/m0/s1. The lowest BCUT2D eigenvalue weighted by Crippen LogP contribution is -2.48. The number of methoxy groups -OCH3 is 1. The van der Waals surface area contributed by atoms with E-state index in [0.717, 1.165) is 26.2 Å². The van der Waals surface area contributed by atoms with Gasteiger partial charge < -0.3 is 19.9 Å². The second kappa shape index (κ2) is 9.76. The van der Waals surface area contributed by atoms with Gasteiger partial charge in [-0.3, -0.25) is 9.69 Å². The molecule has 156 valence electrons. The van der Waals surface area contributed by atoms with Gasteiger partial charge in [-0.15, -0.1) is 0 Å². The van der Waals surface area contributed by atoms with Crippen LogP contribution in [-0.4, -0.2) is 76.7 Å². The zero-order valence-corrected chi connectivity index (χ0v) is 17.9. The summed E-state index contributed by atoms with van der Waals surface area (Å²) in [4.78, 5) is 19.6. The Morgan fingerprint density at radius 1 is 1.10 bits per heavy atom. The van der Waals surface area contributed by atoms with E-state index in [9.17, 15) is 4.79 Å². The molecule has 6 nitrogen and oxygen atoms in total. The first kappa shape index (κ1) is 21.1. The van der Waals surface area contributed by atoms with Gasteiger partial charge >= 0.3 is 0 Å². The molecule has 1 saturated heterocycles. The van der Waals surface area contributed by atoms with Crippen molar-refractivity contribution >= 4 is 11.6 Å². The van der Waals surface area contributed by atoms with Gasteiger partial charge in [0.25, 0.3) is 5.91 Å². The summed E-state index contributed by atoms with van der Waals surface area (Å²) < 4.78 is 5.24. The van der Waals surface area contributed by atoms with Crippen molar-refractivity contribution in [1.82, 2.24) is 15.1 Å². The highest BCUT2D eigenvalue weighted by atomic mass is 16.5. The van der Waals surface area contributed by atoms with Crippen LogP contribution in [-0.2, 0) is 0 Å². The summed E-state index contributed by atoms with van der Waals surface area (Å²) in [5.74, 6) is 0.612. The Balaban J connectivity index is 1.74. The quantitative estimate of drug-likeness (QED) is 0.779. The number of carbonyl (C=O) groups is 1. The van der Waals surface area contributed by atoms with Crippen LogP contribution < -0.4 is 15.0 Å². The largest absolute Gasteiger partial charge is 0.497 e. The molecule has 2 aromatic rings. The maximum absolute atomic E-state index is 12.7. The van der Waals surface area contributed by atoms with Crippen molar-refractivity contribution in [1.29, 1.82) is 0 Å². The van der Waals surface area contributed by atoms with E-state index < -0.39 is 0 Å². The van der Waals surface area contributed by atoms with Gasteiger partial charge in [0.05, 0.1) is 13.2 Å². The molecule has 0 aliphatic carbocycles. The fourth-order valence-corrected chi connectivity index (χ4v) is 3.64. The maximum Gasteiger partial charge on any atom is 0.251 e. The fourth-order valence-electron chi connectivity index (χ4n) is 3.64. The minimum atomic E-state index is -0.0760. The van der Waals surface area contributed by atoms with E-state index in [4.69, 9.17) is 4.74 Å². The van der Waals surface area contributed by atoms with E-state index in [2.05, 4.69) is 51.3 Å². The zero-order valence-electron chi connectivity index (χ0n) is 17.9. The van der Waals surface area contributed by atoms with Crippen molar-refractivity contribution in [3.05, 3.63) is 59.7 Å². The summed E-state index contributed by atoms with van der Waals surface area (Å²) >= 11 is 0. The van der Waals surface area contributed by atoms with Crippen LogP contribution in [0.2, 0.25) is 0 Å². The molecule has 1 aliphatic rings. The number of benzene rings is 2. The number of hydrogen-bond donors (Lipinski definition) is 1. The molecule has 1 heterocycles. The Morgan fingerprint density at radius 2 is 1.79 bits per heavy atom. The maximum atomic E-state index is 12.7. The highest BCUT2D eigenvalue weighted by Crippen LogP contribution is 2.24. The molecule has 0 bridgehead atoms. The van der Waals surface area contributed by atoms with Gasteiger partial charge in [0.15, 0.2) is 0 Å². The number of likely N-dealkylation sites (N-methyl/N-ethyl adjacent to an activating group) is 1. The van der Waals surface area contributed by atoms with Crippen molar-refractivity contribution in [2.24, 2.45) is 0 Å². The first-order valence-electron chi connectivity index (χ1n) is 10.1. The van der Waals surface area contributed by atoms with Crippen LogP contribution in [0.25, 0.3) is 0 Å². The van der Waals surface area contributed by atoms with Crippen LogP contribution in [0.1, 0.15) is 22.0 Å². The van der Waals surface area contributed by atoms with Crippen LogP contribution in [0.15, 0.2) is 48.5 Å². The summed E-state index contributed by atoms with van der Waals surface area (Å²) in [5, 5.41) is 3.13. The van der Waals surface area contributed by atoms with E-state index in [1.54, 1.807) is 13.2 Å². The van der Waals surface area contributed by atoms with Crippen LogP contribution in [0, 0.1) is 0 Å². The van der Waals surface area contributed by atoms with E-state index in [0.29, 0.717) is 17.9 Å². The van der Waals surface area contributed by atoms with Gasteiger partial charge in [-0.1, -0.05) is 18.2 Å². The Kier molecular flexibility index (Phi) is 7.12. The van der Waals surface area contributed by atoms with Gasteiger partial charge in [-0.25, -0.2) is 0 Å². The Morgan fingerprint density at radius 3 is 2.41 bits per heavy atom. The van der Waals surface area contributed by atoms with Gasteiger partial charge in [-0.05, 0) is 42.9 Å². The van der Waals surface area contributed by atoms with Crippen molar-refractivity contribution in [2.75, 3.05) is 65.9 Å². The average molecular weight is 397 g/mol. The molecule has 1 aliphatic heterocycles. The second-order valence-corrected chi connectivity index (χ2v) is 7.78. The number of rotatable bonds is 7. The lowest BCUT2D eigenvalue weighted by Gasteiger charge is -2.38. The fraction of sp³-hybridized carbons (Fsp3) is 0.435. The Bertz CT molecular complexity index is 799. The van der Waals surface area contributed by atoms with Crippen LogP contribution in [0.3, 0.4) is 0 Å². The van der Waals surface area contributed by atoms with Gasteiger partial charge in [0.2, 0.25) is 0 Å². The normalized spacial score (nSPS) is 16.3. The molecule has 1 atom stereocenters. The van der Waals surface area contributed by atoms with Crippen LogP contribution in [0.5, 0.6) is 5.75 Å². The molecular weight excluding hydrogens is 364 g/mol. The Hall–Kier alpha value is -2.57. The molecule has 2 aromatic carbocycles. The second-order valence-electron chi connectivity index (χ2n) is 7.78. The number of nitrogens with one attached hydrogen (secondary N) is 1. The molecule has 0 saturated carbocycles. The third kappa shape index (κ3) is 5.49. The van der Waals surface area contributed by atoms with Crippen molar-refractivity contribution in [3.8, 4) is 5.75 Å². The Labute approximate surface area is 174 Å². The highest BCUT2D eigenvalue weighted by molar-refractivity contribution is 5.94. The molecule has 0 radical (unpaired) electrons. The average Bonchev–Trinajstić information content (AvgIpc) is 2.75. The molecule has 29 heavy (non-hydrogen) atoms. The summed E-state index contributed by atoms with van der Waals surface area (Å²) in [6, 6.07) is 16.0. The van der Waals surface area contributed by atoms with E-state index in [1.165, 1.54) is 11.3 Å². The molecule has 6 heteroatoms. The first-order valence-corrected chi connectivity index (χ1v) is 10.1. The van der Waals surface area contributed by atoms with Gasteiger partial charge in [-0.2, -0.15) is 0 Å². The number of amides is 1. The monoisotopic (exact) mass is 396 g/mol. The summed E-state index contributed by atoms with van der Waals surface area (Å²) in [7, 11) is 7.85. The van der Waals surface area contributed by atoms with E-state index >= 15 is 0 Å². The predicted octanol–water partition coefficient (Wildman–Crippen LogP) is 2.48. The van der Waals surface area contributed by atoms with Crippen LogP contribution >= 0.6 is 0 Å². The lowest BCUT2D eigenvalue weighted by molar-refractivity contribution is 0.0886. The molecule has 1 N–H and O–H groups in total. The number of ether oxygens (including phenoxy) is 1. The third-order valence-electron chi connectivity index (χ3n) is 5.56. The van der Waals surface area contributed by atoms with E-state index in [-0.39, 0.29) is 11.9 Å². The summed E-state index contributed by atoms with van der Waals surface area (Å²) in [5.41, 5.74) is 3.02. The van der Waals surface area contributed by atoms with Gasteiger partial charge in [0, 0.05) is 58.1 Å². The van der Waals surface area contributed by atoms with Crippen molar-refractivity contribution in [3.63, 3.8) is 0 Å². The summed E-state index contributed by atoms with van der Waals surface area (Å²) in [6.07, 6.45) is 0. The van der Waals surface area contributed by atoms with Gasteiger partial charge in [0.1, 0.15) is 5.75 Å². The minimum Gasteiger partial charge on any atom is -0.497 e. The van der Waals surface area contributed by atoms with E-state index in [1.807, 2.05) is 32.3 Å². The number of carbonyl (C=O) groups excluding carboxylic acids is 1. The lowest BCUT2D eigenvalue weighted by atomic mass is 10.0. The highest BCUT2D eigenvalue weighted by Gasteiger charge is 2.24. The third-order valence-corrected chi connectivity index (χ3v) is 5.56. The number of piperazine rings is 1. The molecule has 1 fully saturated rings. The predicted molar refractivity (Wildman–Crippen MR) is 118 cm³/mol. The van der Waals surface area contributed by atoms with Crippen molar-refractivity contribution < 1.29 is 9.53 Å². The molecular formula is C23H32N4O2. The molecule has 0 spiro atoms. The number of nitrogens with zero attached hydrogens (tertiary/aromatic N) is 3. The smallest absolute Gasteiger partial charge is 0.251 e.